The fraction of sp³-hybridized carbons (Fsp3) is 0.0435. The van der Waals surface area contributed by atoms with Gasteiger partial charge in [0.2, 0.25) is 0 Å². The fourth-order valence-electron chi connectivity index (χ4n) is 3.69. The molecule has 29 heavy (non-hydrogen) atoms. The summed E-state index contributed by atoms with van der Waals surface area (Å²) >= 11 is 0. The molecule has 6 heteroatoms. The standard InChI is InChI=1S/C23H16FN3O2/c24-17-8-5-15(6-9-17)13-16-7-10-22(28)26-12-11-18(14-21(16)26)27-20-4-2-1-3-19(20)25-23(27)29/h1-12,14H,13H2,(H,25,29). The summed E-state index contributed by atoms with van der Waals surface area (Å²) in [5, 5.41) is 0. The molecule has 3 aromatic heterocycles. The van der Waals surface area contributed by atoms with Crippen LogP contribution in [-0.2, 0) is 6.42 Å². The Balaban J connectivity index is 1.71. The van der Waals surface area contributed by atoms with E-state index in [-0.39, 0.29) is 17.1 Å². The predicted octanol–water partition coefficient (Wildman–Crippen LogP) is 3.66. The van der Waals surface area contributed by atoms with E-state index < -0.39 is 0 Å². The SMILES string of the molecule is O=c1[nH]c2ccccc2n1-c1ccn2c(=O)ccc(Cc3ccc(F)cc3)c2c1. The van der Waals surface area contributed by atoms with Gasteiger partial charge in [0.25, 0.3) is 5.56 Å². The van der Waals surface area contributed by atoms with Crippen molar-refractivity contribution in [2.75, 3.05) is 0 Å². The van der Waals surface area contributed by atoms with Crippen LogP contribution in [-0.4, -0.2) is 14.0 Å². The Hall–Kier alpha value is -3.93. The van der Waals surface area contributed by atoms with Crippen LogP contribution >= 0.6 is 0 Å². The van der Waals surface area contributed by atoms with E-state index in [2.05, 4.69) is 4.98 Å². The first-order valence-corrected chi connectivity index (χ1v) is 9.19. The number of fused-ring (bicyclic) bond motifs is 2. The van der Waals surface area contributed by atoms with Gasteiger partial charge in [0, 0.05) is 12.3 Å². The third kappa shape index (κ3) is 2.95. The minimum Gasteiger partial charge on any atom is -0.305 e. The number of hydrogen-bond acceptors (Lipinski definition) is 2. The third-order valence-electron chi connectivity index (χ3n) is 5.09. The summed E-state index contributed by atoms with van der Waals surface area (Å²) in [6.45, 7) is 0. The predicted molar refractivity (Wildman–Crippen MR) is 110 cm³/mol. The molecule has 0 amide bonds. The Kier molecular flexibility index (Phi) is 3.91. The van der Waals surface area contributed by atoms with Gasteiger partial charge in [0.05, 0.1) is 22.2 Å². The molecule has 0 fully saturated rings. The van der Waals surface area contributed by atoms with Crippen LogP contribution in [0.1, 0.15) is 11.1 Å². The van der Waals surface area contributed by atoms with E-state index in [0.717, 1.165) is 22.2 Å². The zero-order valence-electron chi connectivity index (χ0n) is 15.3. The van der Waals surface area contributed by atoms with Gasteiger partial charge in [0.15, 0.2) is 0 Å². The molecule has 5 rings (SSSR count). The summed E-state index contributed by atoms with van der Waals surface area (Å²) < 4.78 is 16.4. The van der Waals surface area contributed by atoms with Crippen molar-refractivity contribution in [2.45, 2.75) is 6.42 Å². The number of nitrogens with one attached hydrogen (secondary N) is 1. The molecule has 0 unspecified atom stereocenters. The first kappa shape index (κ1) is 17.2. The van der Waals surface area contributed by atoms with Gasteiger partial charge in [-0.2, -0.15) is 0 Å². The average molecular weight is 385 g/mol. The first-order valence-electron chi connectivity index (χ1n) is 9.19. The highest BCUT2D eigenvalue weighted by Gasteiger charge is 2.11. The lowest BCUT2D eigenvalue weighted by Gasteiger charge is -2.11. The number of para-hydroxylation sites is 2. The molecule has 0 aliphatic carbocycles. The van der Waals surface area contributed by atoms with Crippen LogP contribution in [0.2, 0.25) is 0 Å². The Morgan fingerprint density at radius 3 is 2.48 bits per heavy atom. The van der Waals surface area contributed by atoms with Crippen molar-refractivity contribution in [3.63, 3.8) is 0 Å². The lowest BCUT2D eigenvalue weighted by Crippen LogP contribution is -2.17. The highest BCUT2D eigenvalue weighted by atomic mass is 19.1. The molecule has 0 saturated carbocycles. The highest BCUT2D eigenvalue weighted by molar-refractivity contribution is 5.77. The highest BCUT2D eigenvalue weighted by Crippen LogP contribution is 2.20. The average Bonchev–Trinajstić information content (AvgIpc) is 3.07. The Morgan fingerprint density at radius 1 is 0.862 bits per heavy atom. The summed E-state index contributed by atoms with van der Waals surface area (Å²) in [7, 11) is 0. The molecule has 0 bridgehead atoms. The maximum Gasteiger partial charge on any atom is 0.331 e. The number of rotatable bonds is 3. The van der Waals surface area contributed by atoms with Crippen molar-refractivity contribution in [1.82, 2.24) is 14.0 Å². The number of nitrogens with zero attached hydrogens (tertiary/aromatic N) is 2. The summed E-state index contributed by atoms with van der Waals surface area (Å²) in [5.74, 6) is -0.288. The summed E-state index contributed by atoms with van der Waals surface area (Å²) in [5.41, 5.74) is 4.33. The molecule has 3 heterocycles. The Bertz CT molecular complexity index is 1480. The number of benzene rings is 2. The van der Waals surface area contributed by atoms with Crippen LogP contribution in [0.25, 0.3) is 22.2 Å². The van der Waals surface area contributed by atoms with Crippen LogP contribution in [0.4, 0.5) is 4.39 Å². The molecule has 0 aliphatic heterocycles. The molecule has 142 valence electrons. The van der Waals surface area contributed by atoms with Crippen molar-refractivity contribution < 1.29 is 4.39 Å². The van der Waals surface area contributed by atoms with E-state index in [4.69, 9.17) is 0 Å². The minimum atomic E-state index is -0.288. The largest absolute Gasteiger partial charge is 0.331 e. The molecule has 1 N–H and O–H groups in total. The normalized spacial score (nSPS) is 11.3. The Labute approximate surface area is 164 Å². The van der Waals surface area contributed by atoms with Gasteiger partial charge < -0.3 is 4.98 Å². The number of imidazole rings is 1. The maximum atomic E-state index is 13.2. The number of H-pyrrole nitrogens is 1. The molecule has 0 radical (unpaired) electrons. The van der Waals surface area contributed by atoms with Crippen molar-refractivity contribution in [3.05, 3.63) is 117 Å². The number of hydrogen-bond donors (Lipinski definition) is 1. The second-order valence-corrected chi connectivity index (χ2v) is 6.92. The van der Waals surface area contributed by atoms with E-state index in [1.165, 1.54) is 18.2 Å². The first-order chi connectivity index (χ1) is 14.1. The van der Waals surface area contributed by atoms with Gasteiger partial charge in [-0.25, -0.2) is 9.18 Å². The van der Waals surface area contributed by atoms with Gasteiger partial charge in [-0.1, -0.05) is 30.3 Å². The third-order valence-corrected chi connectivity index (χ3v) is 5.09. The van der Waals surface area contributed by atoms with Crippen molar-refractivity contribution in [1.29, 1.82) is 0 Å². The molecule has 0 aliphatic rings. The van der Waals surface area contributed by atoms with Crippen LogP contribution in [0.5, 0.6) is 0 Å². The van der Waals surface area contributed by atoms with Crippen molar-refractivity contribution in [2.24, 2.45) is 0 Å². The molecule has 0 atom stereocenters. The molecule has 2 aromatic carbocycles. The van der Waals surface area contributed by atoms with Gasteiger partial charge in [-0.3, -0.25) is 13.8 Å². The quantitative estimate of drug-likeness (QED) is 0.515. The van der Waals surface area contributed by atoms with Gasteiger partial charge in [-0.15, -0.1) is 0 Å². The van der Waals surface area contributed by atoms with E-state index in [9.17, 15) is 14.0 Å². The zero-order valence-corrected chi connectivity index (χ0v) is 15.3. The number of pyridine rings is 2. The van der Waals surface area contributed by atoms with E-state index in [0.29, 0.717) is 17.6 Å². The lowest BCUT2D eigenvalue weighted by atomic mass is 10.0. The van der Waals surface area contributed by atoms with E-state index >= 15 is 0 Å². The number of aromatic amines is 1. The Morgan fingerprint density at radius 2 is 1.66 bits per heavy atom. The summed E-state index contributed by atoms with van der Waals surface area (Å²) in [6, 6.07) is 20.6. The monoisotopic (exact) mass is 385 g/mol. The molecular formula is C23H16FN3O2. The van der Waals surface area contributed by atoms with Crippen LogP contribution in [0.3, 0.4) is 0 Å². The summed E-state index contributed by atoms with van der Waals surface area (Å²) in [6.07, 6.45) is 2.21. The number of aromatic nitrogens is 3. The molecule has 0 spiro atoms. The zero-order chi connectivity index (χ0) is 20.0. The molecular weight excluding hydrogens is 369 g/mol. The van der Waals surface area contributed by atoms with E-state index in [1.54, 1.807) is 39.4 Å². The smallest absolute Gasteiger partial charge is 0.305 e. The maximum absolute atomic E-state index is 13.2. The second-order valence-electron chi connectivity index (χ2n) is 6.92. The molecule has 5 aromatic rings. The summed E-state index contributed by atoms with van der Waals surface area (Å²) in [4.78, 5) is 27.7. The van der Waals surface area contributed by atoms with Crippen molar-refractivity contribution >= 4 is 16.6 Å². The minimum absolute atomic E-state index is 0.152. The van der Waals surface area contributed by atoms with Gasteiger partial charge in [0.1, 0.15) is 5.82 Å². The van der Waals surface area contributed by atoms with E-state index in [1.807, 2.05) is 30.3 Å². The number of halogens is 1. The lowest BCUT2D eigenvalue weighted by molar-refractivity contribution is 0.627. The molecule has 0 saturated heterocycles. The fourth-order valence-corrected chi connectivity index (χ4v) is 3.69. The van der Waals surface area contributed by atoms with Gasteiger partial charge in [-0.05, 0) is 53.9 Å². The molecule has 5 nitrogen and oxygen atoms in total. The van der Waals surface area contributed by atoms with Crippen LogP contribution in [0, 0.1) is 5.82 Å². The van der Waals surface area contributed by atoms with Crippen molar-refractivity contribution in [3.8, 4) is 5.69 Å². The second kappa shape index (κ2) is 6.60. The van der Waals surface area contributed by atoms with Gasteiger partial charge >= 0.3 is 5.69 Å². The van der Waals surface area contributed by atoms with Crippen LogP contribution < -0.4 is 11.2 Å². The van der Waals surface area contributed by atoms with Crippen LogP contribution in [0.15, 0.2) is 88.6 Å². The topological polar surface area (TPSA) is 59.3 Å².